The van der Waals surface area contributed by atoms with E-state index in [0.29, 0.717) is 0 Å². The van der Waals surface area contributed by atoms with Gasteiger partial charge in [-0.2, -0.15) is 0 Å². The molecule has 0 aliphatic carbocycles. The van der Waals surface area contributed by atoms with Crippen LogP contribution in [0.2, 0.25) is 0 Å². The van der Waals surface area contributed by atoms with Crippen LogP contribution in [0.15, 0.2) is 0 Å². The van der Waals surface area contributed by atoms with Crippen molar-refractivity contribution in [1.29, 1.82) is 0 Å². The minimum Gasteiger partial charge on any atom is -0.412 e. The zero-order valence-corrected chi connectivity index (χ0v) is 8.64. The Labute approximate surface area is 67.9 Å². The summed E-state index contributed by atoms with van der Waals surface area (Å²) in [4.78, 5) is 0. The maximum atomic E-state index is 0. The van der Waals surface area contributed by atoms with Gasteiger partial charge in [0.2, 0.25) is 0 Å². The first-order valence-electron chi connectivity index (χ1n) is 0. The molecule has 0 rings (SSSR count). The van der Waals surface area contributed by atoms with Crippen LogP contribution in [0.3, 0.4) is 0 Å². The predicted octanol–water partition coefficient (Wildman–Crippen LogP) is -0.247. The van der Waals surface area contributed by atoms with E-state index in [0.717, 1.165) is 0 Å². The zero-order valence-electron chi connectivity index (χ0n) is 2.59. The minimum absolute atomic E-state index is 0. The average molecular weight is 324 g/mol. The van der Waals surface area contributed by atoms with Crippen LogP contribution in [0, 0.1) is 0 Å². The van der Waals surface area contributed by atoms with Crippen molar-refractivity contribution in [2.24, 2.45) is 0 Å². The summed E-state index contributed by atoms with van der Waals surface area (Å²) in [6.07, 6.45) is 0. The van der Waals surface area contributed by atoms with E-state index < -0.39 is 0 Å². The van der Waals surface area contributed by atoms with Crippen molar-refractivity contribution in [2.75, 3.05) is 0 Å². The van der Waals surface area contributed by atoms with E-state index in [4.69, 9.17) is 0 Å². The van der Waals surface area contributed by atoms with E-state index in [1.165, 1.54) is 0 Å². The fourth-order valence-corrected chi connectivity index (χ4v) is 0. The zero-order chi connectivity index (χ0) is 0. The molecule has 0 aromatic rings. The third kappa shape index (κ3) is 28.3. The summed E-state index contributed by atoms with van der Waals surface area (Å²) in [5.74, 6) is 0. The van der Waals surface area contributed by atoms with Gasteiger partial charge in [-0.3, -0.25) is 0 Å². The molecule has 0 aromatic heterocycles. The van der Waals surface area contributed by atoms with E-state index in [-0.39, 0.29) is 68.4 Å². The molecule has 0 spiro atoms. The van der Waals surface area contributed by atoms with E-state index in [2.05, 4.69) is 0 Å². The smallest absolute Gasteiger partial charge is 0 e. The maximum absolute atomic E-state index is 0. The molecule has 5 N–H and O–H groups in total. The molecule has 0 atom stereocenters. The fraction of sp³-hybridized carbons (Fsp3) is 0. The quantitative estimate of drug-likeness (QED) is 0.614. The third-order valence-corrected chi connectivity index (χ3v) is 0. The molecule has 0 aromatic carbocycles. The molecule has 5 heavy (non-hydrogen) atoms. The largest absolute Gasteiger partial charge is 0.412 e. The van der Waals surface area contributed by atoms with Crippen molar-refractivity contribution in [3.8, 4) is 0 Å². The minimum atomic E-state index is 0. The van der Waals surface area contributed by atoms with Crippen LogP contribution >= 0.6 is 0 Å². The van der Waals surface area contributed by atoms with E-state index in [9.17, 15) is 0 Å². The van der Waals surface area contributed by atoms with Gasteiger partial charge in [0, 0.05) is 56.8 Å². The Balaban J connectivity index is 0. The van der Waals surface area contributed by atoms with Crippen molar-refractivity contribution < 1.29 is 62.2 Å². The molecule has 0 fully saturated rings. The van der Waals surface area contributed by atoms with Crippen molar-refractivity contribution >= 4 is 0 Å². The molecule has 0 bridgehead atoms. The first-order chi connectivity index (χ1) is 0. The van der Waals surface area contributed by atoms with Gasteiger partial charge in [-0.05, 0) is 0 Å². The Bertz CT molecular complexity index is 11.6. The second-order valence-corrected chi connectivity index (χ2v) is 0. The maximum Gasteiger partial charge on any atom is 0 e. The van der Waals surface area contributed by atoms with E-state index in [1.54, 1.807) is 0 Å². The molecule has 2 nitrogen and oxygen atoms in total. The van der Waals surface area contributed by atoms with Crippen molar-refractivity contribution in [1.82, 2.24) is 6.15 Å². The Morgan fingerprint density at radius 2 is 1.00 bits per heavy atom. The molecule has 0 aliphatic rings. The summed E-state index contributed by atoms with van der Waals surface area (Å²) < 4.78 is 0. The fourth-order valence-electron chi connectivity index (χ4n) is 0. The molecule has 0 unspecified atom stereocenters. The third-order valence-electron chi connectivity index (χ3n) is 0. The van der Waals surface area contributed by atoms with Crippen LogP contribution < -0.4 is 6.15 Å². The van der Waals surface area contributed by atoms with Crippen LogP contribution in [0.1, 0.15) is 0 Å². The average Bonchev–Trinajstić information content (AvgIpc) is 0. The van der Waals surface area contributed by atoms with Crippen LogP contribution in [0.4, 0.5) is 4.70 Å². The second-order valence-electron chi connectivity index (χ2n) is 0. The van der Waals surface area contributed by atoms with Gasteiger partial charge in [-0.25, -0.2) is 0 Å². The molecular weight excluding hydrogens is 319 g/mol. The molecule has 0 saturated carbocycles. The first-order valence-corrected chi connectivity index (χ1v) is 0. The Morgan fingerprint density at radius 1 is 1.00 bits per heavy atom. The molecule has 1 radical (unpaired) electrons. The Kier molecular flexibility index (Phi) is 745. The van der Waals surface area contributed by atoms with E-state index >= 15 is 0 Å². The van der Waals surface area contributed by atoms with Crippen molar-refractivity contribution in [2.45, 2.75) is 0 Å². The number of halogens is 1. The standard InChI is InChI=1S/F.Hf.H3N.H2O.Zr/h;;1H3;1H2;. The number of rotatable bonds is 0. The molecule has 0 amide bonds. The SMILES string of the molecule is N.O.[F].[Hf].[Zr]. The first kappa shape index (κ1) is 80.7. The Morgan fingerprint density at radius 3 is 1.00 bits per heavy atom. The van der Waals surface area contributed by atoms with E-state index in [1.807, 2.05) is 0 Å². The topological polar surface area (TPSA) is 66.5 Å². The van der Waals surface area contributed by atoms with Crippen LogP contribution in [0.5, 0.6) is 0 Å². The summed E-state index contributed by atoms with van der Waals surface area (Å²) in [7, 11) is 0. The van der Waals surface area contributed by atoms with Gasteiger partial charge in [0.25, 0.3) is 0 Å². The van der Waals surface area contributed by atoms with Gasteiger partial charge < -0.3 is 11.6 Å². The predicted molar refractivity (Wildman–Crippen MR) is 9.74 cm³/mol. The van der Waals surface area contributed by atoms with Crippen LogP contribution in [0.25, 0.3) is 0 Å². The summed E-state index contributed by atoms with van der Waals surface area (Å²) >= 11 is 0. The second kappa shape index (κ2) is 46.2. The molecule has 5 heteroatoms. The van der Waals surface area contributed by atoms with Gasteiger partial charge in [-0.1, -0.05) is 0 Å². The number of hydrogen-bond acceptors (Lipinski definition) is 1. The monoisotopic (exact) mass is 324 g/mol. The normalized spacial score (nSPS) is 0. The summed E-state index contributed by atoms with van der Waals surface area (Å²) in [5, 5.41) is 0. The molecule has 0 saturated heterocycles. The molecule has 0 heterocycles. The summed E-state index contributed by atoms with van der Waals surface area (Å²) in [5.41, 5.74) is 0. The van der Waals surface area contributed by atoms with Crippen LogP contribution in [-0.2, 0) is 52.0 Å². The van der Waals surface area contributed by atoms with Crippen molar-refractivity contribution in [3.05, 3.63) is 0 Å². The van der Waals surface area contributed by atoms with Crippen molar-refractivity contribution in [3.63, 3.8) is 0 Å². The molecule has 0 aliphatic heterocycles. The molecule has 31 valence electrons. The molecular formula is H5FHfNOZr. The number of hydrogen-bond donors (Lipinski definition) is 1. The summed E-state index contributed by atoms with van der Waals surface area (Å²) in [6, 6.07) is 0. The van der Waals surface area contributed by atoms with Gasteiger partial charge in [0.1, 0.15) is 0 Å². The Hall–Kier alpha value is 1.60. The summed E-state index contributed by atoms with van der Waals surface area (Å²) in [6.45, 7) is 0. The van der Waals surface area contributed by atoms with Gasteiger partial charge in [0.15, 0.2) is 0 Å². The van der Waals surface area contributed by atoms with Crippen LogP contribution in [-0.4, -0.2) is 5.48 Å². The van der Waals surface area contributed by atoms with Gasteiger partial charge in [-0.15, -0.1) is 0 Å². The van der Waals surface area contributed by atoms with Gasteiger partial charge in [0.05, 0.1) is 0 Å². The van der Waals surface area contributed by atoms with Gasteiger partial charge >= 0.3 is 0 Å².